The molecule has 2 nitrogen and oxygen atoms in total. The number of aliphatic hydroxyl groups excluding tert-OH is 1. The van der Waals surface area contributed by atoms with E-state index < -0.39 is 6.29 Å². The molecule has 0 saturated heterocycles. The maximum atomic E-state index is 9.16. The van der Waals surface area contributed by atoms with E-state index in [4.69, 9.17) is 9.84 Å². The Morgan fingerprint density at radius 3 is 2.85 bits per heavy atom. The predicted molar refractivity (Wildman–Crippen MR) is 51.1 cm³/mol. The lowest BCUT2D eigenvalue weighted by Gasteiger charge is -2.25. The number of hydrogen-bond acceptors (Lipinski definition) is 2. The molecule has 2 saturated carbocycles. The van der Waals surface area contributed by atoms with Crippen molar-refractivity contribution in [2.75, 3.05) is 0 Å². The zero-order valence-electron chi connectivity index (χ0n) is 8.36. The van der Waals surface area contributed by atoms with Gasteiger partial charge in [0, 0.05) is 5.92 Å². The van der Waals surface area contributed by atoms with E-state index in [-0.39, 0.29) is 6.10 Å². The first kappa shape index (κ1) is 9.22. The number of hydrogen-bond donors (Lipinski definition) is 1. The minimum Gasteiger partial charge on any atom is -0.368 e. The first-order valence-electron chi connectivity index (χ1n) is 5.19. The Kier molecular flexibility index (Phi) is 2.43. The molecule has 3 unspecified atom stereocenters. The fourth-order valence-electron chi connectivity index (χ4n) is 2.88. The quantitative estimate of drug-likeness (QED) is 0.523. The highest BCUT2D eigenvalue weighted by Crippen LogP contribution is 2.49. The fourth-order valence-corrected chi connectivity index (χ4v) is 2.88. The molecule has 2 rings (SSSR count). The maximum Gasteiger partial charge on any atom is 0.152 e. The van der Waals surface area contributed by atoms with Crippen LogP contribution >= 0.6 is 0 Å². The van der Waals surface area contributed by atoms with Crippen LogP contribution in [-0.2, 0) is 4.74 Å². The van der Waals surface area contributed by atoms with Gasteiger partial charge in [-0.3, -0.25) is 0 Å². The molecule has 4 atom stereocenters. The van der Waals surface area contributed by atoms with E-state index in [9.17, 15) is 0 Å². The average molecular weight is 182 g/mol. The summed E-state index contributed by atoms with van der Waals surface area (Å²) in [4.78, 5) is 0. The van der Waals surface area contributed by atoms with Crippen LogP contribution in [0, 0.1) is 11.8 Å². The highest BCUT2D eigenvalue weighted by molar-refractivity contribution is 5.18. The standard InChI is InChI=1S/C11H18O2/c1-3-9-4-8-5-10(9)11(6-8)13-7(2)12/h3,7-8,10-12H,4-6H2,1-2H3/b9-3-/t7-,8?,10?,11?/m0/s1. The minimum atomic E-state index is -0.609. The zero-order chi connectivity index (χ0) is 9.42. The Bertz CT molecular complexity index is 220. The van der Waals surface area contributed by atoms with E-state index in [1.54, 1.807) is 12.5 Å². The SMILES string of the molecule is C/C=C1/CC2CC(O[C@@H](C)O)C1C2. The smallest absolute Gasteiger partial charge is 0.152 e. The van der Waals surface area contributed by atoms with Crippen molar-refractivity contribution in [3.8, 4) is 0 Å². The van der Waals surface area contributed by atoms with Crippen molar-refractivity contribution in [2.24, 2.45) is 11.8 Å². The van der Waals surface area contributed by atoms with Crippen LogP contribution in [0.4, 0.5) is 0 Å². The first-order valence-corrected chi connectivity index (χ1v) is 5.19. The predicted octanol–water partition coefficient (Wildman–Crippen LogP) is 2.09. The summed E-state index contributed by atoms with van der Waals surface area (Å²) in [5.74, 6) is 1.42. The molecule has 0 spiro atoms. The van der Waals surface area contributed by atoms with Gasteiger partial charge < -0.3 is 9.84 Å². The minimum absolute atomic E-state index is 0.282. The van der Waals surface area contributed by atoms with Crippen LogP contribution in [0.1, 0.15) is 33.1 Å². The van der Waals surface area contributed by atoms with Crippen molar-refractivity contribution in [1.29, 1.82) is 0 Å². The molecule has 74 valence electrons. The van der Waals surface area contributed by atoms with Gasteiger partial charge in [-0.15, -0.1) is 0 Å². The van der Waals surface area contributed by atoms with Gasteiger partial charge in [-0.25, -0.2) is 0 Å². The Hall–Kier alpha value is -0.340. The van der Waals surface area contributed by atoms with Crippen molar-refractivity contribution < 1.29 is 9.84 Å². The molecule has 2 fully saturated rings. The van der Waals surface area contributed by atoms with Crippen LogP contribution in [0.3, 0.4) is 0 Å². The summed E-state index contributed by atoms with van der Waals surface area (Å²) in [7, 11) is 0. The van der Waals surface area contributed by atoms with Crippen LogP contribution in [0.2, 0.25) is 0 Å². The number of rotatable bonds is 2. The van der Waals surface area contributed by atoms with Crippen molar-refractivity contribution >= 4 is 0 Å². The number of aliphatic hydroxyl groups is 1. The van der Waals surface area contributed by atoms with E-state index in [1.807, 2.05) is 0 Å². The lowest BCUT2D eigenvalue weighted by atomic mass is 9.92. The molecule has 0 amide bonds. The summed E-state index contributed by atoms with van der Waals surface area (Å²) in [5.41, 5.74) is 1.54. The van der Waals surface area contributed by atoms with Gasteiger partial charge in [-0.2, -0.15) is 0 Å². The lowest BCUT2D eigenvalue weighted by Crippen LogP contribution is -2.26. The third-order valence-corrected chi connectivity index (χ3v) is 3.34. The Balaban J connectivity index is 2.02. The van der Waals surface area contributed by atoms with Crippen LogP contribution in [0.25, 0.3) is 0 Å². The van der Waals surface area contributed by atoms with Gasteiger partial charge in [0.25, 0.3) is 0 Å². The van der Waals surface area contributed by atoms with Crippen LogP contribution < -0.4 is 0 Å². The molecule has 2 heteroatoms. The number of allylic oxidation sites excluding steroid dienone is 1. The normalized spacial score (nSPS) is 43.0. The molecule has 0 aromatic heterocycles. The summed E-state index contributed by atoms with van der Waals surface area (Å²) in [5, 5.41) is 9.16. The second kappa shape index (κ2) is 3.43. The van der Waals surface area contributed by atoms with Crippen molar-refractivity contribution in [3.63, 3.8) is 0 Å². The van der Waals surface area contributed by atoms with E-state index in [0.717, 1.165) is 12.3 Å². The molecule has 2 aliphatic rings. The molecule has 0 aromatic carbocycles. The molecule has 0 aromatic rings. The summed E-state index contributed by atoms with van der Waals surface area (Å²) in [6.07, 6.45) is 5.58. The van der Waals surface area contributed by atoms with Crippen molar-refractivity contribution in [3.05, 3.63) is 11.6 Å². The topological polar surface area (TPSA) is 29.5 Å². The molecule has 2 bridgehead atoms. The van der Waals surface area contributed by atoms with Gasteiger partial charge in [0.1, 0.15) is 0 Å². The third-order valence-electron chi connectivity index (χ3n) is 3.34. The van der Waals surface area contributed by atoms with Crippen LogP contribution in [0.5, 0.6) is 0 Å². The lowest BCUT2D eigenvalue weighted by molar-refractivity contribution is -0.132. The third kappa shape index (κ3) is 1.65. The van der Waals surface area contributed by atoms with E-state index in [0.29, 0.717) is 5.92 Å². The Morgan fingerprint density at radius 2 is 2.31 bits per heavy atom. The van der Waals surface area contributed by atoms with Gasteiger partial charge >= 0.3 is 0 Å². The summed E-state index contributed by atoms with van der Waals surface area (Å²) in [6, 6.07) is 0. The largest absolute Gasteiger partial charge is 0.368 e. The maximum absolute atomic E-state index is 9.16. The fraction of sp³-hybridized carbons (Fsp3) is 0.818. The van der Waals surface area contributed by atoms with Gasteiger partial charge in [0.2, 0.25) is 0 Å². The molecule has 13 heavy (non-hydrogen) atoms. The first-order chi connectivity index (χ1) is 6.20. The molecule has 2 aliphatic carbocycles. The Labute approximate surface area is 79.6 Å². The molecule has 0 aliphatic heterocycles. The van der Waals surface area contributed by atoms with E-state index in [2.05, 4.69) is 13.0 Å². The molecule has 0 heterocycles. The highest BCUT2D eigenvalue weighted by atomic mass is 16.6. The summed E-state index contributed by atoms with van der Waals surface area (Å²) >= 11 is 0. The van der Waals surface area contributed by atoms with Gasteiger partial charge in [0.15, 0.2) is 6.29 Å². The van der Waals surface area contributed by atoms with Gasteiger partial charge in [-0.1, -0.05) is 11.6 Å². The summed E-state index contributed by atoms with van der Waals surface area (Å²) < 4.78 is 5.49. The van der Waals surface area contributed by atoms with Crippen LogP contribution in [-0.4, -0.2) is 17.5 Å². The summed E-state index contributed by atoms with van der Waals surface area (Å²) in [6.45, 7) is 3.80. The second-order valence-electron chi connectivity index (χ2n) is 4.29. The molecular weight excluding hydrogens is 164 g/mol. The average Bonchev–Trinajstić information content (AvgIpc) is 2.60. The van der Waals surface area contributed by atoms with Gasteiger partial charge in [0.05, 0.1) is 6.10 Å². The number of ether oxygens (including phenoxy) is 1. The zero-order valence-corrected chi connectivity index (χ0v) is 8.36. The van der Waals surface area contributed by atoms with Crippen molar-refractivity contribution in [2.45, 2.75) is 45.5 Å². The van der Waals surface area contributed by atoms with Crippen LogP contribution in [0.15, 0.2) is 11.6 Å². The monoisotopic (exact) mass is 182 g/mol. The van der Waals surface area contributed by atoms with Crippen molar-refractivity contribution in [1.82, 2.24) is 0 Å². The van der Waals surface area contributed by atoms with Gasteiger partial charge in [-0.05, 0) is 39.0 Å². The van der Waals surface area contributed by atoms with E-state index in [1.165, 1.54) is 12.8 Å². The molecular formula is C11H18O2. The second-order valence-corrected chi connectivity index (χ2v) is 4.29. The molecule has 0 radical (unpaired) electrons. The van der Waals surface area contributed by atoms with E-state index >= 15 is 0 Å². The highest BCUT2D eigenvalue weighted by Gasteiger charge is 2.43. The Morgan fingerprint density at radius 1 is 1.54 bits per heavy atom. The number of fused-ring (bicyclic) bond motifs is 2. The molecule has 1 N–H and O–H groups in total.